The highest BCUT2D eigenvalue weighted by atomic mass is 16.2. The fourth-order valence-corrected chi connectivity index (χ4v) is 3.48. The number of carbonyl (C=O) groups excluding carboxylic acids is 1. The zero-order chi connectivity index (χ0) is 20.8. The van der Waals surface area contributed by atoms with Gasteiger partial charge in [0.25, 0.3) is 5.91 Å². The molecule has 0 spiro atoms. The van der Waals surface area contributed by atoms with Crippen LogP contribution in [0, 0.1) is 0 Å². The van der Waals surface area contributed by atoms with Crippen LogP contribution in [-0.2, 0) is 0 Å². The van der Waals surface area contributed by atoms with Crippen molar-refractivity contribution in [3.8, 4) is 0 Å². The van der Waals surface area contributed by atoms with Gasteiger partial charge in [-0.25, -0.2) is 0 Å². The number of piperazine rings is 1. The van der Waals surface area contributed by atoms with E-state index in [1.54, 1.807) is 12.4 Å². The summed E-state index contributed by atoms with van der Waals surface area (Å²) < 4.78 is 0. The zero-order valence-electron chi connectivity index (χ0n) is 17.2. The minimum absolute atomic E-state index is 0.0979. The van der Waals surface area contributed by atoms with E-state index < -0.39 is 0 Å². The molecule has 5 nitrogen and oxygen atoms in total. The molecule has 0 unspecified atom stereocenters. The Balaban J connectivity index is 1.45. The van der Waals surface area contributed by atoms with Crippen LogP contribution in [0.2, 0.25) is 0 Å². The molecule has 1 aliphatic rings. The number of hydrogen-bond acceptors (Lipinski definition) is 4. The van der Waals surface area contributed by atoms with Crippen molar-refractivity contribution in [2.45, 2.75) is 0 Å². The highest BCUT2D eigenvalue weighted by Crippen LogP contribution is 2.21. The third kappa shape index (κ3) is 5.13. The van der Waals surface area contributed by atoms with Crippen molar-refractivity contribution >= 4 is 29.4 Å². The highest BCUT2D eigenvalue weighted by molar-refractivity contribution is 5.95. The second-order valence-corrected chi connectivity index (χ2v) is 7.54. The van der Waals surface area contributed by atoms with Crippen LogP contribution >= 0.6 is 0 Å². The summed E-state index contributed by atoms with van der Waals surface area (Å²) in [6.45, 7) is 3.39. The Morgan fingerprint density at radius 2 is 1.53 bits per heavy atom. The van der Waals surface area contributed by atoms with E-state index in [-0.39, 0.29) is 5.91 Å². The Bertz CT molecular complexity index is 1020. The Kier molecular flexibility index (Phi) is 6.20. The van der Waals surface area contributed by atoms with Gasteiger partial charge >= 0.3 is 0 Å². The fraction of sp³-hybridized carbons (Fsp3) is 0.200. The zero-order valence-corrected chi connectivity index (χ0v) is 17.2. The number of aromatic nitrogens is 1. The average Bonchev–Trinajstić information content (AvgIpc) is 2.79. The summed E-state index contributed by atoms with van der Waals surface area (Å²) in [7, 11) is 2.09. The molecule has 2 heterocycles. The van der Waals surface area contributed by atoms with Crippen molar-refractivity contribution in [1.82, 2.24) is 14.8 Å². The van der Waals surface area contributed by atoms with Crippen LogP contribution in [0.4, 0.5) is 11.4 Å². The third-order valence-electron chi connectivity index (χ3n) is 5.25. The minimum atomic E-state index is 0.0979. The van der Waals surface area contributed by atoms with Crippen LogP contribution in [0.5, 0.6) is 0 Å². The molecule has 1 aliphatic heterocycles. The Morgan fingerprint density at radius 1 is 0.867 bits per heavy atom. The fourth-order valence-electron chi connectivity index (χ4n) is 3.48. The lowest BCUT2D eigenvalue weighted by atomic mass is 10.1. The summed E-state index contributed by atoms with van der Waals surface area (Å²) in [6.07, 6.45) is 7.71. The molecule has 0 saturated carbocycles. The van der Waals surface area contributed by atoms with Gasteiger partial charge in [0.2, 0.25) is 0 Å². The van der Waals surface area contributed by atoms with Gasteiger partial charge in [0.1, 0.15) is 0 Å². The van der Waals surface area contributed by atoms with E-state index >= 15 is 0 Å². The van der Waals surface area contributed by atoms with E-state index in [1.165, 1.54) is 0 Å². The van der Waals surface area contributed by atoms with E-state index in [0.29, 0.717) is 0 Å². The molecule has 3 aromatic rings. The van der Waals surface area contributed by atoms with Crippen molar-refractivity contribution in [2.24, 2.45) is 0 Å². The van der Waals surface area contributed by atoms with E-state index in [1.807, 2.05) is 53.4 Å². The SMILES string of the molecule is CN1CCN(C(=O)c2cccc(Nc3cccc(C=Cc4ccncc4)c3)c2)CC1. The quantitative estimate of drug-likeness (QED) is 0.693. The topological polar surface area (TPSA) is 48.5 Å². The van der Waals surface area contributed by atoms with Crippen LogP contribution in [0.3, 0.4) is 0 Å². The van der Waals surface area contributed by atoms with E-state index in [4.69, 9.17) is 0 Å². The van der Waals surface area contributed by atoms with E-state index in [0.717, 1.165) is 54.2 Å². The van der Waals surface area contributed by atoms with Crippen LogP contribution < -0.4 is 5.32 Å². The van der Waals surface area contributed by atoms with Gasteiger partial charge in [-0.3, -0.25) is 9.78 Å². The Morgan fingerprint density at radius 3 is 2.30 bits per heavy atom. The highest BCUT2D eigenvalue weighted by Gasteiger charge is 2.20. The standard InChI is InChI=1S/C25H26N4O/c1-28-14-16-29(17-15-28)25(30)22-5-3-7-24(19-22)27-23-6-2-4-21(18-23)9-8-20-10-12-26-13-11-20/h2-13,18-19,27H,14-17H2,1H3. The van der Waals surface area contributed by atoms with Crippen molar-refractivity contribution in [1.29, 1.82) is 0 Å². The molecule has 1 amide bonds. The first-order chi connectivity index (χ1) is 14.7. The second kappa shape index (κ2) is 9.37. The lowest BCUT2D eigenvalue weighted by Crippen LogP contribution is -2.47. The summed E-state index contributed by atoms with van der Waals surface area (Å²) in [5, 5.41) is 3.42. The van der Waals surface area contributed by atoms with Crippen molar-refractivity contribution in [3.05, 3.63) is 89.7 Å². The monoisotopic (exact) mass is 398 g/mol. The summed E-state index contributed by atoms with van der Waals surface area (Å²) in [5.41, 5.74) is 4.82. The molecular weight excluding hydrogens is 372 g/mol. The number of nitrogens with one attached hydrogen (secondary N) is 1. The van der Waals surface area contributed by atoms with Gasteiger partial charge in [0, 0.05) is 55.5 Å². The summed E-state index contributed by atoms with van der Waals surface area (Å²) in [5.74, 6) is 0.0979. The summed E-state index contributed by atoms with van der Waals surface area (Å²) in [4.78, 5) is 21.1. The predicted molar refractivity (Wildman–Crippen MR) is 123 cm³/mol. The van der Waals surface area contributed by atoms with Crippen molar-refractivity contribution in [2.75, 3.05) is 38.5 Å². The number of rotatable bonds is 5. The number of amides is 1. The van der Waals surface area contributed by atoms with Gasteiger partial charge in [-0.05, 0) is 60.6 Å². The average molecular weight is 399 g/mol. The Hall–Kier alpha value is -3.44. The first kappa shape index (κ1) is 19.9. The normalized spacial score (nSPS) is 14.8. The van der Waals surface area contributed by atoms with Crippen LogP contribution in [0.25, 0.3) is 12.2 Å². The van der Waals surface area contributed by atoms with Crippen molar-refractivity contribution in [3.63, 3.8) is 0 Å². The minimum Gasteiger partial charge on any atom is -0.355 e. The number of likely N-dealkylation sites (N-methyl/N-ethyl adjacent to an activating group) is 1. The second-order valence-electron chi connectivity index (χ2n) is 7.54. The lowest BCUT2D eigenvalue weighted by Gasteiger charge is -2.32. The number of carbonyl (C=O) groups is 1. The molecule has 0 bridgehead atoms. The van der Waals surface area contributed by atoms with Gasteiger partial charge < -0.3 is 15.1 Å². The first-order valence-electron chi connectivity index (χ1n) is 10.2. The first-order valence-corrected chi connectivity index (χ1v) is 10.2. The third-order valence-corrected chi connectivity index (χ3v) is 5.25. The maximum Gasteiger partial charge on any atom is 0.254 e. The molecule has 152 valence electrons. The molecule has 2 aromatic carbocycles. The maximum atomic E-state index is 12.9. The molecule has 4 rings (SSSR count). The lowest BCUT2D eigenvalue weighted by molar-refractivity contribution is 0.0664. The van der Waals surface area contributed by atoms with Crippen LogP contribution in [0.1, 0.15) is 21.5 Å². The number of nitrogens with zero attached hydrogens (tertiary/aromatic N) is 3. The van der Waals surface area contributed by atoms with E-state index in [2.05, 4.69) is 46.5 Å². The maximum absolute atomic E-state index is 12.9. The molecule has 1 saturated heterocycles. The Labute approximate surface area is 177 Å². The van der Waals surface area contributed by atoms with Crippen molar-refractivity contribution < 1.29 is 4.79 Å². The van der Waals surface area contributed by atoms with Gasteiger partial charge in [-0.2, -0.15) is 0 Å². The molecule has 0 aliphatic carbocycles. The number of hydrogen-bond donors (Lipinski definition) is 1. The number of benzene rings is 2. The molecular formula is C25H26N4O. The predicted octanol–water partition coefficient (Wildman–Crippen LogP) is 4.38. The summed E-state index contributed by atoms with van der Waals surface area (Å²) >= 11 is 0. The van der Waals surface area contributed by atoms with Gasteiger partial charge in [0.15, 0.2) is 0 Å². The smallest absolute Gasteiger partial charge is 0.254 e. The van der Waals surface area contributed by atoms with Crippen LogP contribution in [-0.4, -0.2) is 53.9 Å². The molecule has 1 aromatic heterocycles. The van der Waals surface area contributed by atoms with Gasteiger partial charge in [-0.15, -0.1) is 0 Å². The molecule has 1 N–H and O–H groups in total. The molecule has 5 heteroatoms. The molecule has 0 radical (unpaired) electrons. The number of anilines is 2. The molecule has 1 fully saturated rings. The largest absolute Gasteiger partial charge is 0.355 e. The van der Waals surface area contributed by atoms with E-state index in [9.17, 15) is 4.79 Å². The summed E-state index contributed by atoms with van der Waals surface area (Å²) in [6, 6.07) is 19.9. The number of pyridine rings is 1. The van der Waals surface area contributed by atoms with Crippen LogP contribution in [0.15, 0.2) is 73.1 Å². The van der Waals surface area contributed by atoms with Gasteiger partial charge in [-0.1, -0.05) is 30.4 Å². The van der Waals surface area contributed by atoms with Gasteiger partial charge in [0.05, 0.1) is 0 Å². The molecule has 0 atom stereocenters. The molecule has 30 heavy (non-hydrogen) atoms.